The fraction of sp³-hybridized carbons (Fsp3) is 0.188. The first kappa shape index (κ1) is 26.2. The largest absolute Gasteiger partial charge is 0.497 e. The van der Waals surface area contributed by atoms with Crippen LogP contribution in [0.25, 0.3) is 55.6 Å². The number of nitrogens with zero attached hydrogens (tertiary/aromatic N) is 3. The van der Waals surface area contributed by atoms with Crippen molar-refractivity contribution in [3.63, 3.8) is 0 Å². The third-order valence-electron chi connectivity index (χ3n) is 6.81. The second kappa shape index (κ2) is 10.2. The van der Waals surface area contributed by atoms with Crippen LogP contribution >= 0.6 is 0 Å². The maximum atomic E-state index is 14.3. The molecule has 6 rings (SSSR count). The van der Waals surface area contributed by atoms with E-state index in [1.165, 1.54) is 19.2 Å². The number of methoxy groups -OCH3 is 1. The van der Waals surface area contributed by atoms with Gasteiger partial charge in [0.25, 0.3) is 0 Å². The van der Waals surface area contributed by atoms with Gasteiger partial charge in [0.05, 0.1) is 30.2 Å². The lowest BCUT2D eigenvalue weighted by Gasteiger charge is -2.17. The molecule has 2 aromatic carbocycles. The van der Waals surface area contributed by atoms with Crippen molar-refractivity contribution in [3.8, 4) is 39.4 Å². The monoisotopic (exact) mass is 548 g/mol. The van der Waals surface area contributed by atoms with E-state index in [2.05, 4.69) is 30.5 Å². The van der Waals surface area contributed by atoms with Gasteiger partial charge in [0, 0.05) is 41.2 Å². The number of carbonyl (C=O) groups excluding carboxylic acids is 1. The summed E-state index contributed by atoms with van der Waals surface area (Å²) < 4.78 is 19.6. The average Bonchev–Trinajstić information content (AvgIpc) is 3.55. The first-order chi connectivity index (χ1) is 19.7. The van der Waals surface area contributed by atoms with E-state index >= 15 is 0 Å². The minimum absolute atomic E-state index is 0.0486. The predicted octanol–water partition coefficient (Wildman–Crippen LogP) is 7.36. The summed E-state index contributed by atoms with van der Waals surface area (Å²) in [5.74, 6) is 0.0181. The fourth-order valence-electron chi connectivity index (χ4n) is 4.99. The van der Waals surface area contributed by atoms with Crippen molar-refractivity contribution < 1.29 is 13.9 Å². The molecule has 9 heteroatoms. The van der Waals surface area contributed by atoms with Crippen molar-refractivity contribution in [2.75, 3.05) is 12.4 Å². The Morgan fingerprint density at radius 1 is 0.976 bits per heavy atom. The number of rotatable bonds is 6. The minimum atomic E-state index is -0.377. The van der Waals surface area contributed by atoms with E-state index in [0.29, 0.717) is 29.1 Å². The molecule has 0 atom stereocenters. The van der Waals surface area contributed by atoms with Gasteiger partial charge in [-0.05, 0) is 64.6 Å². The van der Waals surface area contributed by atoms with Crippen LogP contribution in [0.4, 0.5) is 10.1 Å². The van der Waals surface area contributed by atoms with Crippen molar-refractivity contribution in [1.82, 2.24) is 25.1 Å². The summed E-state index contributed by atoms with van der Waals surface area (Å²) in [6.07, 6.45) is 5.52. The van der Waals surface area contributed by atoms with Crippen LogP contribution in [0.3, 0.4) is 0 Å². The Kier molecular flexibility index (Phi) is 6.49. The smallest absolute Gasteiger partial charge is 0.224 e. The molecule has 0 aliphatic carbocycles. The zero-order chi connectivity index (χ0) is 28.7. The molecule has 0 spiro atoms. The van der Waals surface area contributed by atoms with Crippen LogP contribution in [0.2, 0.25) is 0 Å². The van der Waals surface area contributed by atoms with Crippen molar-refractivity contribution in [3.05, 3.63) is 79.0 Å². The second-order valence-corrected chi connectivity index (χ2v) is 11.3. The second-order valence-electron chi connectivity index (χ2n) is 11.3. The molecule has 4 aromatic heterocycles. The molecule has 0 radical (unpaired) electrons. The van der Waals surface area contributed by atoms with Gasteiger partial charge < -0.3 is 15.0 Å². The molecule has 0 fully saturated rings. The Morgan fingerprint density at radius 3 is 2.63 bits per heavy atom. The highest BCUT2D eigenvalue weighted by molar-refractivity contribution is 6.01. The van der Waals surface area contributed by atoms with E-state index in [0.717, 1.165) is 44.4 Å². The van der Waals surface area contributed by atoms with Crippen LogP contribution in [-0.2, 0) is 4.79 Å². The lowest BCUT2D eigenvalue weighted by molar-refractivity contribution is -0.117. The Labute approximate surface area is 236 Å². The van der Waals surface area contributed by atoms with E-state index in [9.17, 15) is 9.18 Å². The molecule has 0 unspecified atom stereocenters. The number of aromatic nitrogens is 5. The number of hydrogen-bond acceptors (Lipinski definition) is 5. The van der Waals surface area contributed by atoms with Crippen molar-refractivity contribution in [1.29, 1.82) is 0 Å². The molecule has 1 amide bonds. The van der Waals surface area contributed by atoms with Gasteiger partial charge in [-0.15, -0.1) is 0 Å². The molecule has 3 N–H and O–H groups in total. The van der Waals surface area contributed by atoms with Gasteiger partial charge >= 0.3 is 0 Å². The average molecular weight is 549 g/mol. The Bertz CT molecular complexity index is 1920. The Balaban J connectivity index is 1.37. The van der Waals surface area contributed by atoms with Crippen LogP contribution in [0.1, 0.15) is 27.2 Å². The summed E-state index contributed by atoms with van der Waals surface area (Å²) in [7, 11) is 1.52. The zero-order valence-electron chi connectivity index (χ0n) is 23.2. The molecular formula is C32H29FN6O2. The van der Waals surface area contributed by atoms with Crippen LogP contribution < -0.4 is 10.1 Å². The number of benzene rings is 2. The Hall–Kier alpha value is -5.05. The molecular weight excluding hydrogens is 519 g/mol. The quantitative estimate of drug-likeness (QED) is 0.202. The van der Waals surface area contributed by atoms with Crippen molar-refractivity contribution in [2.24, 2.45) is 5.41 Å². The third kappa shape index (κ3) is 5.38. The summed E-state index contributed by atoms with van der Waals surface area (Å²) in [5.41, 5.74) is 6.88. The number of carbonyl (C=O) groups is 1. The van der Waals surface area contributed by atoms with Crippen molar-refractivity contribution in [2.45, 2.75) is 27.2 Å². The third-order valence-corrected chi connectivity index (χ3v) is 6.81. The maximum Gasteiger partial charge on any atom is 0.224 e. The molecule has 0 saturated heterocycles. The van der Waals surface area contributed by atoms with Gasteiger partial charge in [-0.25, -0.2) is 9.37 Å². The minimum Gasteiger partial charge on any atom is -0.497 e. The number of anilines is 1. The summed E-state index contributed by atoms with van der Waals surface area (Å²) in [6, 6.07) is 16.4. The number of halogens is 1. The van der Waals surface area contributed by atoms with E-state index in [1.807, 2.05) is 57.2 Å². The number of aromatic amines is 2. The van der Waals surface area contributed by atoms with Crippen LogP contribution in [0.15, 0.2) is 73.2 Å². The fourth-order valence-corrected chi connectivity index (χ4v) is 4.99. The van der Waals surface area contributed by atoms with Gasteiger partial charge in [0.1, 0.15) is 22.9 Å². The molecule has 0 aliphatic rings. The first-order valence-corrected chi connectivity index (χ1v) is 13.2. The van der Waals surface area contributed by atoms with Crippen LogP contribution in [0.5, 0.6) is 5.75 Å². The summed E-state index contributed by atoms with van der Waals surface area (Å²) in [5, 5.41) is 12.4. The van der Waals surface area contributed by atoms with Gasteiger partial charge in [0.2, 0.25) is 5.91 Å². The van der Waals surface area contributed by atoms with Gasteiger partial charge in [-0.3, -0.25) is 14.9 Å². The van der Waals surface area contributed by atoms with Crippen LogP contribution in [-0.4, -0.2) is 38.2 Å². The number of hydrogen-bond donors (Lipinski definition) is 3. The topological polar surface area (TPSA) is 109 Å². The predicted molar refractivity (Wildman–Crippen MR) is 159 cm³/mol. The number of H-pyrrole nitrogens is 2. The molecule has 8 nitrogen and oxygen atoms in total. The molecule has 206 valence electrons. The maximum absolute atomic E-state index is 14.3. The van der Waals surface area contributed by atoms with E-state index in [-0.39, 0.29) is 17.1 Å². The highest BCUT2D eigenvalue weighted by Crippen LogP contribution is 2.36. The highest BCUT2D eigenvalue weighted by atomic mass is 19.1. The van der Waals surface area contributed by atoms with Gasteiger partial charge in [-0.2, -0.15) is 5.10 Å². The molecule has 0 saturated carbocycles. The number of ether oxygens (including phenoxy) is 1. The van der Waals surface area contributed by atoms with Gasteiger partial charge in [-0.1, -0.05) is 26.8 Å². The number of amides is 1. The molecule has 4 heterocycles. The van der Waals surface area contributed by atoms with Gasteiger partial charge in [0.15, 0.2) is 0 Å². The van der Waals surface area contributed by atoms with E-state index in [4.69, 9.17) is 4.74 Å². The molecule has 41 heavy (non-hydrogen) atoms. The molecule has 0 bridgehead atoms. The van der Waals surface area contributed by atoms with Crippen molar-refractivity contribution >= 4 is 33.5 Å². The summed E-state index contributed by atoms with van der Waals surface area (Å²) >= 11 is 0. The van der Waals surface area contributed by atoms with Crippen LogP contribution in [0, 0.1) is 11.2 Å². The SMILES string of the molecule is COc1cc(F)cc(-c2ccnc3[nH]c(-c4n[nH]c5ccc(-c6cncc(NC(=O)CC(C)(C)C)c6)cc45)cc23)c1. The summed E-state index contributed by atoms with van der Waals surface area (Å²) in [4.78, 5) is 24.7. The molecule has 0 aliphatic heterocycles. The Morgan fingerprint density at radius 2 is 1.83 bits per heavy atom. The standard InChI is InChI=1S/C32H29FN6O2/c1-32(2,3)15-29(40)36-22-10-20(16-34-17-22)18-5-6-27-26(12-18)30(39-38-27)28-14-25-24(7-8-35-31(25)37-28)19-9-21(33)13-23(11-19)41-4/h5-14,16-17H,15H2,1-4H3,(H,35,37)(H,36,40)(H,38,39). The number of nitrogens with one attached hydrogen (secondary N) is 3. The highest BCUT2D eigenvalue weighted by Gasteiger charge is 2.18. The normalized spacial score (nSPS) is 11.7. The zero-order valence-corrected chi connectivity index (χ0v) is 23.2. The summed E-state index contributed by atoms with van der Waals surface area (Å²) in [6.45, 7) is 6.09. The number of fused-ring (bicyclic) bond motifs is 2. The van der Waals surface area contributed by atoms with E-state index < -0.39 is 0 Å². The lowest BCUT2D eigenvalue weighted by atomic mass is 9.92. The number of pyridine rings is 2. The molecule has 6 aromatic rings. The lowest BCUT2D eigenvalue weighted by Crippen LogP contribution is -2.19. The van der Waals surface area contributed by atoms with E-state index in [1.54, 1.807) is 24.7 Å². The first-order valence-electron chi connectivity index (χ1n) is 13.2.